The minimum absolute atomic E-state index is 0.110. The molecule has 1 heterocycles. The molecule has 0 unspecified atom stereocenters. The minimum Gasteiger partial charge on any atom is -0.325 e. The maximum atomic E-state index is 11.7. The highest BCUT2D eigenvalue weighted by Crippen LogP contribution is 2.27. The van der Waals surface area contributed by atoms with Crippen molar-refractivity contribution >= 4 is 34.2 Å². The van der Waals surface area contributed by atoms with Crippen molar-refractivity contribution in [2.24, 2.45) is 0 Å². The molecule has 0 aliphatic carbocycles. The van der Waals surface area contributed by atoms with Crippen LogP contribution in [0.5, 0.6) is 0 Å². The maximum absolute atomic E-state index is 11.7. The van der Waals surface area contributed by atoms with Gasteiger partial charge in [0.05, 0.1) is 0 Å². The first kappa shape index (κ1) is 13.1. The van der Waals surface area contributed by atoms with E-state index in [0.717, 1.165) is 9.13 Å². The normalized spacial score (nSPS) is 10.1. The van der Waals surface area contributed by atoms with E-state index in [-0.39, 0.29) is 11.1 Å². The number of benzene rings is 1. The van der Waals surface area contributed by atoms with Crippen LogP contribution in [0.4, 0.5) is 0 Å². The number of aromatic nitrogens is 1. The summed E-state index contributed by atoms with van der Waals surface area (Å²) < 4.78 is 0.955. The number of pyridine rings is 1. The number of hydrogen-bond acceptors (Lipinski definition) is 2. The topological polar surface area (TPSA) is 56.6 Å². The van der Waals surface area contributed by atoms with Crippen LogP contribution in [0.25, 0.3) is 11.1 Å². The standard InChI is InChI=1S/C13H8ClIN2O/c1-7-2-11(12(6-16)13(18)17-7)8-3-9(14)5-10(15)4-8/h2-5H,1H3,(H,17,18). The van der Waals surface area contributed by atoms with Gasteiger partial charge in [-0.3, -0.25) is 4.79 Å². The number of rotatable bonds is 1. The van der Waals surface area contributed by atoms with Crippen molar-refractivity contribution in [2.75, 3.05) is 0 Å². The van der Waals surface area contributed by atoms with Gasteiger partial charge in [0.2, 0.25) is 0 Å². The number of halogens is 2. The first-order valence-corrected chi connectivity index (χ1v) is 6.57. The van der Waals surface area contributed by atoms with Gasteiger partial charge in [-0.1, -0.05) is 11.6 Å². The number of nitrogens with one attached hydrogen (secondary N) is 1. The van der Waals surface area contributed by atoms with Gasteiger partial charge in [0.15, 0.2) is 0 Å². The Hall–Kier alpha value is -1.32. The third kappa shape index (κ3) is 2.57. The lowest BCUT2D eigenvalue weighted by Crippen LogP contribution is -2.12. The molecule has 2 rings (SSSR count). The van der Waals surface area contributed by atoms with E-state index < -0.39 is 0 Å². The van der Waals surface area contributed by atoms with Gasteiger partial charge in [-0.25, -0.2) is 0 Å². The van der Waals surface area contributed by atoms with Crippen LogP contribution < -0.4 is 5.56 Å². The fraction of sp³-hybridized carbons (Fsp3) is 0.0769. The maximum Gasteiger partial charge on any atom is 0.266 e. The van der Waals surface area contributed by atoms with Crippen molar-refractivity contribution in [2.45, 2.75) is 6.92 Å². The first-order valence-electron chi connectivity index (χ1n) is 5.12. The highest BCUT2D eigenvalue weighted by atomic mass is 127. The van der Waals surface area contributed by atoms with Gasteiger partial charge in [0, 0.05) is 19.9 Å². The number of aryl methyl sites for hydroxylation is 1. The number of nitriles is 1. The summed E-state index contributed by atoms with van der Waals surface area (Å²) in [7, 11) is 0. The zero-order chi connectivity index (χ0) is 13.3. The fourth-order valence-electron chi connectivity index (χ4n) is 1.74. The van der Waals surface area contributed by atoms with Gasteiger partial charge < -0.3 is 4.98 Å². The van der Waals surface area contributed by atoms with Crippen molar-refractivity contribution in [1.29, 1.82) is 5.26 Å². The molecule has 1 aromatic heterocycles. The first-order chi connectivity index (χ1) is 8.51. The largest absolute Gasteiger partial charge is 0.325 e. The lowest BCUT2D eigenvalue weighted by molar-refractivity contribution is 1.13. The van der Waals surface area contributed by atoms with E-state index in [9.17, 15) is 4.79 Å². The molecule has 0 saturated carbocycles. The number of aromatic amines is 1. The van der Waals surface area contributed by atoms with Crippen LogP contribution in [0.3, 0.4) is 0 Å². The summed E-state index contributed by atoms with van der Waals surface area (Å²) in [6, 6.07) is 9.17. The second kappa shape index (κ2) is 5.12. The number of H-pyrrole nitrogens is 1. The van der Waals surface area contributed by atoms with E-state index in [1.165, 1.54) is 0 Å². The number of hydrogen-bond donors (Lipinski definition) is 1. The Kier molecular flexibility index (Phi) is 3.73. The predicted octanol–water partition coefficient (Wildman–Crippen LogP) is 3.48. The molecule has 90 valence electrons. The van der Waals surface area contributed by atoms with E-state index in [0.29, 0.717) is 16.3 Å². The zero-order valence-electron chi connectivity index (χ0n) is 9.42. The van der Waals surface area contributed by atoms with E-state index in [1.54, 1.807) is 19.1 Å². The molecule has 1 N–H and O–H groups in total. The SMILES string of the molecule is Cc1cc(-c2cc(Cl)cc(I)c2)c(C#N)c(=O)[nH]1. The average Bonchev–Trinajstić information content (AvgIpc) is 2.26. The van der Waals surface area contributed by atoms with Crippen LogP contribution in [-0.4, -0.2) is 4.98 Å². The van der Waals surface area contributed by atoms with E-state index in [1.807, 2.05) is 18.2 Å². The second-order valence-corrected chi connectivity index (χ2v) is 5.52. The Morgan fingerprint density at radius 3 is 2.67 bits per heavy atom. The summed E-state index contributed by atoms with van der Waals surface area (Å²) in [4.78, 5) is 14.3. The van der Waals surface area contributed by atoms with Crippen molar-refractivity contribution in [3.05, 3.63) is 54.5 Å². The summed E-state index contributed by atoms with van der Waals surface area (Å²) in [6.45, 7) is 1.78. The van der Waals surface area contributed by atoms with Gasteiger partial charge in [0.25, 0.3) is 5.56 Å². The Morgan fingerprint density at radius 1 is 1.33 bits per heavy atom. The van der Waals surface area contributed by atoms with Gasteiger partial charge in [-0.05, 0) is 59.3 Å². The minimum atomic E-state index is -0.373. The van der Waals surface area contributed by atoms with Crippen LogP contribution >= 0.6 is 34.2 Å². The van der Waals surface area contributed by atoms with Crippen LogP contribution in [0.2, 0.25) is 5.02 Å². The number of nitrogens with zero attached hydrogens (tertiary/aromatic N) is 1. The molecule has 0 fully saturated rings. The van der Waals surface area contributed by atoms with Crippen LogP contribution in [0.15, 0.2) is 29.1 Å². The molecular weight excluding hydrogens is 363 g/mol. The molecule has 5 heteroatoms. The van der Waals surface area contributed by atoms with Gasteiger partial charge >= 0.3 is 0 Å². The molecule has 0 bridgehead atoms. The average molecular weight is 371 g/mol. The lowest BCUT2D eigenvalue weighted by atomic mass is 10.0. The fourth-order valence-corrected chi connectivity index (χ4v) is 2.83. The van der Waals surface area contributed by atoms with Crippen molar-refractivity contribution < 1.29 is 0 Å². The van der Waals surface area contributed by atoms with Gasteiger partial charge in [-0.15, -0.1) is 0 Å². The second-order valence-electron chi connectivity index (χ2n) is 3.84. The molecule has 0 aliphatic heterocycles. The van der Waals surface area contributed by atoms with E-state index in [4.69, 9.17) is 16.9 Å². The molecule has 0 spiro atoms. The summed E-state index contributed by atoms with van der Waals surface area (Å²) in [5.41, 5.74) is 1.84. The molecule has 0 aliphatic rings. The predicted molar refractivity (Wildman–Crippen MR) is 79.7 cm³/mol. The molecule has 2 aromatic rings. The van der Waals surface area contributed by atoms with Gasteiger partial charge in [0.1, 0.15) is 11.6 Å². The molecule has 1 aromatic carbocycles. The quantitative estimate of drug-likeness (QED) is 0.781. The lowest BCUT2D eigenvalue weighted by Gasteiger charge is -2.06. The Labute approximate surface area is 123 Å². The Balaban J connectivity index is 2.78. The van der Waals surface area contributed by atoms with Crippen molar-refractivity contribution in [3.8, 4) is 17.2 Å². The van der Waals surface area contributed by atoms with Crippen LogP contribution in [0.1, 0.15) is 11.3 Å². The summed E-state index contributed by atoms with van der Waals surface area (Å²) in [5, 5.41) is 9.67. The molecule has 0 amide bonds. The third-order valence-electron chi connectivity index (χ3n) is 2.45. The van der Waals surface area contributed by atoms with E-state index in [2.05, 4.69) is 27.6 Å². The van der Waals surface area contributed by atoms with E-state index >= 15 is 0 Å². The van der Waals surface area contributed by atoms with Crippen LogP contribution in [-0.2, 0) is 0 Å². The highest BCUT2D eigenvalue weighted by molar-refractivity contribution is 14.1. The Bertz CT molecular complexity index is 696. The highest BCUT2D eigenvalue weighted by Gasteiger charge is 2.11. The summed E-state index contributed by atoms with van der Waals surface area (Å²) >= 11 is 8.15. The van der Waals surface area contributed by atoms with Crippen molar-refractivity contribution in [1.82, 2.24) is 4.98 Å². The zero-order valence-corrected chi connectivity index (χ0v) is 12.3. The van der Waals surface area contributed by atoms with Gasteiger partial charge in [-0.2, -0.15) is 5.26 Å². The molecular formula is C13H8ClIN2O. The third-order valence-corrected chi connectivity index (χ3v) is 3.29. The Morgan fingerprint density at radius 2 is 2.06 bits per heavy atom. The molecule has 3 nitrogen and oxygen atoms in total. The smallest absolute Gasteiger partial charge is 0.266 e. The summed E-state index contributed by atoms with van der Waals surface area (Å²) in [6.07, 6.45) is 0. The molecule has 0 radical (unpaired) electrons. The molecule has 0 saturated heterocycles. The van der Waals surface area contributed by atoms with Crippen molar-refractivity contribution in [3.63, 3.8) is 0 Å². The summed E-state index contributed by atoms with van der Waals surface area (Å²) in [5.74, 6) is 0. The molecule has 18 heavy (non-hydrogen) atoms. The van der Waals surface area contributed by atoms with Crippen LogP contribution in [0, 0.1) is 21.8 Å². The monoisotopic (exact) mass is 370 g/mol. The molecule has 0 atom stereocenters.